The van der Waals surface area contributed by atoms with E-state index >= 15 is 0 Å². The van der Waals surface area contributed by atoms with E-state index in [2.05, 4.69) is 27.7 Å². The number of carboxylic acid groups (broad SMARTS) is 4. The maximum absolute atomic E-state index is 10.2. The molecule has 0 aromatic heterocycles. The van der Waals surface area contributed by atoms with Gasteiger partial charge < -0.3 is 39.6 Å². The second-order valence-electron chi connectivity index (χ2n) is 24.3. The molecule has 0 amide bonds. The summed E-state index contributed by atoms with van der Waals surface area (Å²) in [5, 5.41) is 40.9. The van der Waals surface area contributed by atoms with Crippen LogP contribution in [0.4, 0.5) is 0 Å². The van der Waals surface area contributed by atoms with Crippen molar-refractivity contribution < 1.29 is 39.6 Å². The normalized spacial score (nSPS) is 10.7. The van der Waals surface area contributed by atoms with Crippen molar-refractivity contribution >= 4 is 47.8 Å². The minimum atomic E-state index is -0.903. The van der Waals surface area contributed by atoms with Crippen LogP contribution in [-0.4, -0.2) is 47.8 Å². The average Bonchev–Trinajstić information content (AvgIpc) is 3.43. The van der Waals surface area contributed by atoms with Crippen LogP contribution in [0, 0.1) is 0 Å². The van der Waals surface area contributed by atoms with Gasteiger partial charge in [-0.05, 0) is 51.4 Å². The van der Waals surface area contributed by atoms with Crippen molar-refractivity contribution in [2.24, 2.45) is 0 Å². The second-order valence-corrected chi connectivity index (χ2v) is 24.3. The van der Waals surface area contributed by atoms with Gasteiger partial charge in [-0.15, -0.1) is 0 Å². The van der Waals surface area contributed by atoms with Crippen molar-refractivity contribution in [2.45, 2.75) is 439 Å². The molecule has 9 heteroatoms. The third-order valence-electron chi connectivity index (χ3n) is 15.9. The molecule has 0 aliphatic heterocycles. The van der Waals surface area contributed by atoms with E-state index in [9.17, 15) is 39.6 Å². The number of carbonyl (C=O) groups is 4. The molecule has 0 aromatic rings. The molecule has 0 bridgehead atoms. The van der Waals surface area contributed by atoms with Crippen LogP contribution < -0.4 is 20.4 Å². The summed E-state index contributed by atoms with van der Waals surface area (Å²) in [4.78, 5) is 40.9. The number of hydrogen-bond donors (Lipinski definition) is 0. The van der Waals surface area contributed by atoms with Crippen molar-refractivity contribution in [3.8, 4) is 0 Å². The summed E-state index contributed by atoms with van der Waals surface area (Å²) in [6.07, 6.45) is 79.4. The Morgan fingerprint density at radius 1 is 0.160 bits per heavy atom. The molecular formula is C72H140O8Sn. The van der Waals surface area contributed by atoms with Crippen LogP contribution in [0.1, 0.15) is 439 Å². The summed E-state index contributed by atoms with van der Waals surface area (Å²) in [5.74, 6) is -3.61. The van der Waals surface area contributed by atoms with Gasteiger partial charge in [0.25, 0.3) is 0 Å². The van der Waals surface area contributed by atoms with E-state index in [0.29, 0.717) is 0 Å². The van der Waals surface area contributed by atoms with Gasteiger partial charge in [0.2, 0.25) is 0 Å². The number of carbonyl (C=O) groups excluding carboxylic acids is 4. The first-order chi connectivity index (χ1) is 39.1. The second kappa shape index (κ2) is 85.1. The standard InChI is InChI=1S/4C18H36O2.Sn/c4*1-2-3-4-5-6-7-8-9-10-11-12-13-14-15-16-17-18(19)20;/h4*2-17H2,1H3,(H,19,20);/q;;;;+4/p-4. The Bertz CT molecular complexity index is 990. The van der Waals surface area contributed by atoms with Crippen LogP contribution >= 0.6 is 0 Å². The van der Waals surface area contributed by atoms with Gasteiger partial charge in [0.05, 0.1) is 0 Å². The first kappa shape index (κ1) is 88.4. The molecule has 0 saturated carbocycles. The SMILES string of the molecule is CCCCCCCCCCCCCCCCCC(=O)[O-].CCCCCCCCCCCCCCCCCC(=O)[O-].CCCCCCCCCCCCCCCCCC(=O)[O-].CCCCCCCCCCCCCCCCCC(=O)[O-].[Sn+4]. The Morgan fingerprint density at radius 2 is 0.235 bits per heavy atom. The molecule has 0 saturated heterocycles. The summed E-state index contributed by atoms with van der Waals surface area (Å²) in [6.45, 7) is 9.07. The summed E-state index contributed by atoms with van der Waals surface area (Å²) in [5.41, 5.74) is 0. The monoisotopic (exact) mass is 1250 g/mol. The van der Waals surface area contributed by atoms with E-state index in [0.717, 1.165) is 51.4 Å². The van der Waals surface area contributed by atoms with Crippen molar-refractivity contribution in [3.63, 3.8) is 0 Å². The first-order valence-electron chi connectivity index (χ1n) is 35.9. The fraction of sp³-hybridized carbons (Fsp3) is 0.944. The molecule has 0 aromatic carbocycles. The van der Waals surface area contributed by atoms with Crippen molar-refractivity contribution in [1.82, 2.24) is 0 Å². The first-order valence-corrected chi connectivity index (χ1v) is 35.9. The van der Waals surface area contributed by atoms with E-state index in [1.165, 1.54) is 334 Å². The van der Waals surface area contributed by atoms with Crippen LogP contribution in [0.3, 0.4) is 0 Å². The third kappa shape index (κ3) is 104. The summed E-state index contributed by atoms with van der Waals surface area (Å²) in [7, 11) is 0. The van der Waals surface area contributed by atoms with Crippen LogP contribution in [0.15, 0.2) is 0 Å². The number of unbranched alkanes of at least 4 members (excludes halogenated alkanes) is 56. The zero-order valence-corrected chi connectivity index (χ0v) is 57.9. The van der Waals surface area contributed by atoms with E-state index < -0.39 is 23.9 Å². The molecule has 0 spiro atoms. The zero-order valence-electron chi connectivity index (χ0n) is 55.0. The Hall–Kier alpha value is -1.32. The Morgan fingerprint density at radius 3 is 0.309 bits per heavy atom. The predicted octanol–water partition coefficient (Wildman–Crippen LogP) is 19.6. The topological polar surface area (TPSA) is 161 Å². The molecule has 0 aliphatic carbocycles. The number of aliphatic carboxylic acids is 4. The van der Waals surface area contributed by atoms with Gasteiger partial charge >= 0.3 is 23.9 Å². The number of carboxylic acids is 4. The fourth-order valence-electron chi connectivity index (χ4n) is 10.6. The van der Waals surface area contributed by atoms with Gasteiger partial charge in [-0.3, -0.25) is 0 Å². The average molecular weight is 1250 g/mol. The maximum Gasteiger partial charge on any atom is 4.00 e. The van der Waals surface area contributed by atoms with Gasteiger partial charge in [-0.2, -0.15) is 0 Å². The van der Waals surface area contributed by atoms with Crippen molar-refractivity contribution in [3.05, 3.63) is 0 Å². The molecule has 0 aliphatic rings. The van der Waals surface area contributed by atoms with E-state index in [4.69, 9.17) is 0 Å². The molecule has 0 unspecified atom stereocenters. The molecule has 0 heterocycles. The van der Waals surface area contributed by atoms with Gasteiger partial charge in [0.1, 0.15) is 0 Å². The number of rotatable bonds is 64. The van der Waals surface area contributed by atoms with Crippen LogP contribution in [0.25, 0.3) is 0 Å². The quantitative estimate of drug-likeness (QED) is 0.0430. The molecule has 480 valence electrons. The van der Waals surface area contributed by atoms with E-state index in [1.807, 2.05) is 0 Å². The van der Waals surface area contributed by atoms with Crippen LogP contribution in [-0.2, 0) is 19.2 Å². The number of hydrogen-bond acceptors (Lipinski definition) is 8. The smallest absolute Gasteiger partial charge is 0.550 e. The largest absolute Gasteiger partial charge is 4.00 e. The maximum atomic E-state index is 10.2. The third-order valence-corrected chi connectivity index (χ3v) is 15.9. The summed E-state index contributed by atoms with van der Waals surface area (Å²) < 4.78 is 0. The molecule has 0 N–H and O–H groups in total. The van der Waals surface area contributed by atoms with Crippen molar-refractivity contribution in [2.75, 3.05) is 0 Å². The molecule has 8 nitrogen and oxygen atoms in total. The van der Waals surface area contributed by atoms with Crippen LogP contribution in [0.5, 0.6) is 0 Å². The Kier molecular flexibility index (Phi) is 92.9. The van der Waals surface area contributed by atoms with Gasteiger partial charge in [-0.1, -0.05) is 387 Å². The minimum Gasteiger partial charge on any atom is -0.550 e. The Labute approximate surface area is 523 Å². The van der Waals surface area contributed by atoms with Crippen LogP contribution in [0.2, 0.25) is 0 Å². The molecule has 0 atom stereocenters. The van der Waals surface area contributed by atoms with E-state index in [-0.39, 0.29) is 49.6 Å². The van der Waals surface area contributed by atoms with Gasteiger partial charge in [0, 0.05) is 23.9 Å². The van der Waals surface area contributed by atoms with E-state index in [1.54, 1.807) is 0 Å². The molecule has 0 radical (unpaired) electrons. The van der Waals surface area contributed by atoms with Crippen molar-refractivity contribution in [1.29, 1.82) is 0 Å². The summed E-state index contributed by atoms with van der Waals surface area (Å²) in [6, 6.07) is 0. The molecular weight excluding hydrogens is 1110 g/mol. The Balaban J connectivity index is -0.000000316. The summed E-state index contributed by atoms with van der Waals surface area (Å²) >= 11 is 0. The minimum absolute atomic E-state index is 0. The fourth-order valence-corrected chi connectivity index (χ4v) is 10.6. The predicted molar refractivity (Wildman–Crippen MR) is 344 cm³/mol. The van der Waals surface area contributed by atoms with Gasteiger partial charge in [-0.25, -0.2) is 0 Å². The van der Waals surface area contributed by atoms with Gasteiger partial charge in [0.15, 0.2) is 0 Å². The molecule has 0 rings (SSSR count). The molecule has 0 fully saturated rings. The molecule has 81 heavy (non-hydrogen) atoms. The zero-order chi connectivity index (χ0) is 59.6.